The highest BCUT2D eigenvalue weighted by molar-refractivity contribution is 5.90. The van der Waals surface area contributed by atoms with E-state index in [9.17, 15) is 9.18 Å². The fourth-order valence-electron chi connectivity index (χ4n) is 3.54. The summed E-state index contributed by atoms with van der Waals surface area (Å²) in [4.78, 5) is 15.7. The first-order chi connectivity index (χ1) is 13.7. The first kappa shape index (κ1) is 21.4. The second-order valence-corrected chi connectivity index (χ2v) is 6.97. The van der Waals surface area contributed by atoms with Gasteiger partial charge in [-0.2, -0.15) is 0 Å². The number of ether oxygens (including phenoxy) is 2. The van der Waals surface area contributed by atoms with E-state index in [2.05, 4.69) is 5.32 Å². The molecule has 1 N–H and O–H groups in total. The number of nitrogens with zero attached hydrogens (tertiary/aromatic N) is 2. The number of halogens is 2. The lowest BCUT2D eigenvalue weighted by Crippen LogP contribution is -2.36. The van der Waals surface area contributed by atoms with E-state index in [1.54, 1.807) is 12.1 Å². The quantitative estimate of drug-likeness (QED) is 0.776. The van der Waals surface area contributed by atoms with E-state index in [1.165, 1.54) is 16.5 Å². The summed E-state index contributed by atoms with van der Waals surface area (Å²) in [5.74, 6) is -0.335. The minimum absolute atomic E-state index is 0. The van der Waals surface area contributed by atoms with Crippen LogP contribution in [0.5, 0.6) is 0 Å². The van der Waals surface area contributed by atoms with Crippen LogP contribution in [0.4, 0.5) is 20.6 Å². The van der Waals surface area contributed by atoms with Crippen LogP contribution in [-0.4, -0.2) is 51.6 Å². The van der Waals surface area contributed by atoms with Crippen molar-refractivity contribution in [3.63, 3.8) is 0 Å². The van der Waals surface area contributed by atoms with Crippen LogP contribution in [0.2, 0.25) is 0 Å². The molecular formula is C21H25ClFN3O3. The molecule has 156 valence electrons. The molecule has 8 heteroatoms. The third-order valence-electron chi connectivity index (χ3n) is 5.01. The zero-order chi connectivity index (χ0) is 19.3. The van der Waals surface area contributed by atoms with Gasteiger partial charge >= 0.3 is 6.09 Å². The third kappa shape index (κ3) is 5.18. The van der Waals surface area contributed by atoms with Crippen molar-refractivity contribution >= 4 is 29.9 Å². The lowest BCUT2D eigenvalue weighted by Gasteiger charge is -2.29. The summed E-state index contributed by atoms with van der Waals surface area (Å²) >= 11 is 0. The van der Waals surface area contributed by atoms with Gasteiger partial charge in [0.15, 0.2) is 0 Å². The van der Waals surface area contributed by atoms with Crippen molar-refractivity contribution in [3.8, 4) is 0 Å². The highest BCUT2D eigenvalue weighted by Crippen LogP contribution is 2.28. The fraction of sp³-hybridized carbons (Fsp3) is 0.381. The van der Waals surface area contributed by atoms with E-state index in [0.717, 1.165) is 0 Å². The maximum atomic E-state index is 14.6. The van der Waals surface area contributed by atoms with E-state index in [1.807, 2.05) is 35.2 Å². The number of cyclic esters (lactones) is 1. The Balaban J connectivity index is 0.00000240. The summed E-state index contributed by atoms with van der Waals surface area (Å²) < 4.78 is 25.4. The fourth-order valence-corrected chi connectivity index (χ4v) is 3.54. The van der Waals surface area contributed by atoms with Crippen molar-refractivity contribution in [1.82, 2.24) is 5.32 Å². The predicted molar refractivity (Wildman–Crippen MR) is 112 cm³/mol. The summed E-state index contributed by atoms with van der Waals surface area (Å²) in [6, 6.07) is 14.9. The van der Waals surface area contributed by atoms with Crippen molar-refractivity contribution in [2.24, 2.45) is 0 Å². The molecule has 1 atom stereocenters. The number of hydrogen-bond acceptors (Lipinski definition) is 5. The van der Waals surface area contributed by atoms with Crippen LogP contribution in [0.3, 0.4) is 0 Å². The second-order valence-electron chi connectivity index (χ2n) is 6.97. The number of hydrogen-bond donors (Lipinski definition) is 1. The first-order valence-electron chi connectivity index (χ1n) is 9.56. The first-order valence-corrected chi connectivity index (χ1v) is 9.56. The van der Waals surface area contributed by atoms with Gasteiger partial charge in [-0.3, -0.25) is 4.90 Å². The number of amides is 1. The van der Waals surface area contributed by atoms with E-state index in [4.69, 9.17) is 9.47 Å². The van der Waals surface area contributed by atoms with Gasteiger partial charge in [0.2, 0.25) is 0 Å². The molecule has 2 aliphatic heterocycles. The smallest absolute Gasteiger partial charge is 0.414 e. The van der Waals surface area contributed by atoms with E-state index in [-0.39, 0.29) is 24.3 Å². The topological polar surface area (TPSA) is 54.0 Å². The molecule has 0 bridgehead atoms. The summed E-state index contributed by atoms with van der Waals surface area (Å²) in [6.07, 6.45) is -0.705. The van der Waals surface area contributed by atoms with Crippen molar-refractivity contribution in [1.29, 1.82) is 0 Å². The molecule has 2 aromatic carbocycles. The average molecular weight is 422 g/mol. The minimum atomic E-state index is -0.440. The Hall–Kier alpha value is -2.35. The van der Waals surface area contributed by atoms with Gasteiger partial charge in [-0.15, -0.1) is 12.4 Å². The van der Waals surface area contributed by atoms with Crippen molar-refractivity contribution in [3.05, 3.63) is 59.9 Å². The Morgan fingerprint density at radius 2 is 1.86 bits per heavy atom. The van der Waals surface area contributed by atoms with Crippen LogP contribution in [0.25, 0.3) is 0 Å². The molecule has 0 unspecified atom stereocenters. The molecule has 0 aliphatic carbocycles. The number of anilines is 2. The molecule has 0 radical (unpaired) electrons. The van der Waals surface area contributed by atoms with Gasteiger partial charge < -0.3 is 19.7 Å². The normalized spacial score (nSPS) is 19.1. The highest BCUT2D eigenvalue weighted by Gasteiger charge is 2.32. The molecule has 2 fully saturated rings. The lowest BCUT2D eigenvalue weighted by atomic mass is 10.2. The Bertz CT molecular complexity index is 818. The van der Waals surface area contributed by atoms with Gasteiger partial charge in [0.25, 0.3) is 0 Å². The van der Waals surface area contributed by atoms with Gasteiger partial charge in [-0.05, 0) is 23.8 Å². The Morgan fingerprint density at radius 1 is 1.10 bits per heavy atom. The van der Waals surface area contributed by atoms with Crippen LogP contribution in [0.1, 0.15) is 5.56 Å². The molecule has 0 saturated carbocycles. The van der Waals surface area contributed by atoms with Crippen molar-refractivity contribution < 1.29 is 18.7 Å². The molecule has 2 aliphatic rings. The molecule has 2 heterocycles. The SMILES string of the molecule is Cl.O=C1O[C@@H](CNCc2ccccc2)CN1c1ccc(N2CCOCC2)c(F)c1. The van der Waals surface area contributed by atoms with E-state index >= 15 is 0 Å². The summed E-state index contributed by atoms with van der Waals surface area (Å²) in [7, 11) is 0. The van der Waals surface area contributed by atoms with Gasteiger partial charge in [0.1, 0.15) is 11.9 Å². The number of morpholine rings is 1. The summed E-state index contributed by atoms with van der Waals surface area (Å²) in [5, 5.41) is 3.30. The number of carbonyl (C=O) groups is 1. The second kappa shape index (κ2) is 9.91. The zero-order valence-electron chi connectivity index (χ0n) is 16.1. The van der Waals surface area contributed by atoms with Crippen LogP contribution in [0, 0.1) is 5.82 Å². The molecule has 0 aromatic heterocycles. The number of rotatable bonds is 6. The Morgan fingerprint density at radius 3 is 2.59 bits per heavy atom. The molecular weight excluding hydrogens is 397 g/mol. The van der Waals surface area contributed by atoms with E-state index in [0.29, 0.717) is 57.3 Å². The Labute approximate surface area is 176 Å². The average Bonchev–Trinajstić information content (AvgIpc) is 3.10. The van der Waals surface area contributed by atoms with Gasteiger partial charge in [-0.25, -0.2) is 9.18 Å². The lowest BCUT2D eigenvalue weighted by molar-refractivity contribution is 0.122. The van der Waals surface area contributed by atoms with Crippen LogP contribution in [0.15, 0.2) is 48.5 Å². The number of benzene rings is 2. The predicted octanol–water partition coefficient (Wildman–Crippen LogP) is 3.20. The summed E-state index contributed by atoms with van der Waals surface area (Å²) in [6.45, 7) is 4.17. The monoisotopic (exact) mass is 421 g/mol. The molecule has 2 aromatic rings. The van der Waals surface area contributed by atoms with Gasteiger partial charge in [-0.1, -0.05) is 30.3 Å². The molecule has 1 amide bonds. The molecule has 2 saturated heterocycles. The van der Waals surface area contributed by atoms with E-state index < -0.39 is 6.09 Å². The molecule has 0 spiro atoms. The maximum absolute atomic E-state index is 14.6. The van der Waals surface area contributed by atoms with Crippen molar-refractivity contribution in [2.75, 3.05) is 49.2 Å². The highest BCUT2D eigenvalue weighted by atomic mass is 35.5. The van der Waals surface area contributed by atoms with Crippen LogP contribution >= 0.6 is 12.4 Å². The van der Waals surface area contributed by atoms with Crippen LogP contribution in [-0.2, 0) is 16.0 Å². The number of carbonyl (C=O) groups excluding carboxylic acids is 1. The Kier molecular flexibility index (Phi) is 7.30. The largest absolute Gasteiger partial charge is 0.443 e. The molecule has 4 rings (SSSR count). The zero-order valence-corrected chi connectivity index (χ0v) is 16.9. The third-order valence-corrected chi connectivity index (χ3v) is 5.01. The maximum Gasteiger partial charge on any atom is 0.414 e. The molecule has 29 heavy (non-hydrogen) atoms. The minimum Gasteiger partial charge on any atom is -0.443 e. The molecule has 6 nitrogen and oxygen atoms in total. The number of nitrogens with one attached hydrogen (secondary N) is 1. The van der Waals surface area contributed by atoms with Crippen LogP contribution < -0.4 is 15.1 Å². The van der Waals surface area contributed by atoms with Gasteiger partial charge in [0, 0.05) is 26.2 Å². The van der Waals surface area contributed by atoms with Crippen molar-refractivity contribution in [2.45, 2.75) is 12.6 Å². The standard InChI is InChI=1S/C21H24FN3O3.ClH/c22-19-12-17(6-7-20(19)24-8-10-27-11-9-24)25-15-18(28-21(25)26)14-23-13-16-4-2-1-3-5-16;/h1-7,12,18,23H,8-11,13-15H2;1H/t18-;/m0./s1. The van der Waals surface area contributed by atoms with Gasteiger partial charge in [0.05, 0.1) is 31.1 Å². The summed E-state index contributed by atoms with van der Waals surface area (Å²) in [5.41, 5.74) is 2.23.